The van der Waals surface area contributed by atoms with Crippen LogP contribution in [0.1, 0.15) is 34.5 Å². The average molecular weight is 455 g/mol. The third-order valence-corrected chi connectivity index (χ3v) is 6.92. The monoisotopic (exact) mass is 455 g/mol. The molecule has 32 heavy (non-hydrogen) atoms. The molecule has 1 N–H and O–H groups in total. The second kappa shape index (κ2) is 8.93. The molecule has 0 atom stereocenters. The quantitative estimate of drug-likeness (QED) is 0.389. The standard InChI is InChI=1S/C22H21N3O6S/c26-22(23-18-11-12-18)17-9-7-16(8-10-17)14-24(15-19-4-3-13-31-19)32(29,30)21-6-2-1-5-20(21)25(27)28/h1-10,13,18H,11-12,14-15H2,(H,23,26). The van der Waals surface area contributed by atoms with Crippen molar-refractivity contribution in [2.45, 2.75) is 36.9 Å². The maximum atomic E-state index is 13.4. The molecule has 4 rings (SSSR count). The van der Waals surface area contributed by atoms with E-state index in [2.05, 4.69) is 5.32 Å². The molecule has 1 heterocycles. The molecule has 1 aliphatic rings. The van der Waals surface area contributed by atoms with Crippen molar-refractivity contribution in [1.82, 2.24) is 9.62 Å². The molecule has 0 saturated heterocycles. The first-order valence-corrected chi connectivity index (χ1v) is 11.4. The summed E-state index contributed by atoms with van der Waals surface area (Å²) < 4.78 is 33.2. The molecule has 9 nitrogen and oxygen atoms in total. The molecule has 0 radical (unpaired) electrons. The predicted molar refractivity (Wildman–Crippen MR) is 115 cm³/mol. The lowest BCUT2D eigenvalue weighted by molar-refractivity contribution is -0.387. The van der Waals surface area contributed by atoms with Crippen molar-refractivity contribution in [2.75, 3.05) is 0 Å². The van der Waals surface area contributed by atoms with Gasteiger partial charge in [-0.25, -0.2) is 8.42 Å². The molecule has 2 aromatic carbocycles. The average Bonchev–Trinajstić information content (AvgIpc) is 3.45. The van der Waals surface area contributed by atoms with E-state index in [1.165, 1.54) is 24.5 Å². The van der Waals surface area contributed by atoms with Gasteiger partial charge in [0.15, 0.2) is 4.90 Å². The normalized spacial score (nSPS) is 13.8. The van der Waals surface area contributed by atoms with Crippen LogP contribution in [0, 0.1) is 10.1 Å². The molecule has 0 spiro atoms. The van der Waals surface area contributed by atoms with E-state index >= 15 is 0 Å². The number of rotatable bonds is 9. The Labute approximate surface area is 184 Å². The smallest absolute Gasteiger partial charge is 0.289 e. The Bertz CT molecular complexity index is 1220. The van der Waals surface area contributed by atoms with E-state index in [9.17, 15) is 23.3 Å². The molecule has 1 amide bonds. The summed E-state index contributed by atoms with van der Waals surface area (Å²) in [5.74, 6) is 0.228. The van der Waals surface area contributed by atoms with Crippen molar-refractivity contribution >= 4 is 21.6 Å². The number of amides is 1. The predicted octanol–water partition coefficient (Wildman–Crippen LogP) is 3.47. The molecular weight excluding hydrogens is 434 g/mol. The van der Waals surface area contributed by atoms with Crippen LogP contribution in [0.4, 0.5) is 5.69 Å². The van der Waals surface area contributed by atoms with Crippen molar-refractivity contribution in [2.24, 2.45) is 0 Å². The van der Waals surface area contributed by atoms with E-state index in [1.807, 2.05) is 0 Å². The minimum atomic E-state index is -4.23. The number of hydrogen-bond donors (Lipinski definition) is 1. The molecule has 1 aliphatic carbocycles. The first-order valence-electron chi connectivity index (χ1n) is 10.0. The fourth-order valence-electron chi connectivity index (χ4n) is 3.23. The summed E-state index contributed by atoms with van der Waals surface area (Å²) in [5.41, 5.74) is 0.616. The summed E-state index contributed by atoms with van der Waals surface area (Å²) >= 11 is 0. The van der Waals surface area contributed by atoms with Crippen LogP contribution in [-0.4, -0.2) is 29.6 Å². The number of carbonyl (C=O) groups excluding carboxylic acids is 1. The lowest BCUT2D eigenvalue weighted by atomic mass is 10.1. The summed E-state index contributed by atoms with van der Waals surface area (Å²) in [4.78, 5) is 22.5. The molecule has 3 aromatic rings. The molecule has 166 valence electrons. The number of nitrogens with one attached hydrogen (secondary N) is 1. The maximum Gasteiger partial charge on any atom is 0.289 e. The van der Waals surface area contributed by atoms with E-state index in [-0.39, 0.29) is 25.0 Å². The molecule has 1 saturated carbocycles. The van der Waals surface area contributed by atoms with Gasteiger partial charge in [-0.2, -0.15) is 4.31 Å². The molecule has 0 bridgehead atoms. The van der Waals surface area contributed by atoms with Gasteiger partial charge in [-0.3, -0.25) is 14.9 Å². The van der Waals surface area contributed by atoms with Gasteiger partial charge in [-0.05, 0) is 48.7 Å². The van der Waals surface area contributed by atoms with Crippen molar-refractivity contribution in [1.29, 1.82) is 0 Å². The van der Waals surface area contributed by atoms with E-state index in [0.29, 0.717) is 16.9 Å². The number of nitrogens with zero attached hydrogens (tertiary/aromatic N) is 2. The first kappa shape index (κ1) is 21.7. The van der Waals surface area contributed by atoms with Crippen molar-refractivity contribution < 1.29 is 22.6 Å². The topological polar surface area (TPSA) is 123 Å². The number of sulfonamides is 1. The number of para-hydroxylation sites is 1. The lowest BCUT2D eigenvalue weighted by Crippen LogP contribution is -2.30. The van der Waals surface area contributed by atoms with Gasteiger partial charge in [-0.15, -0.1) is 0 Å². The number of nitro groups is 1. The third-order valence-electron chi connectivity index (χ3n) is 5.08. The highest BCUT2D eigenvalue weighted by Crippen LogP contribution is 2.28. The van der Waals surface area contributed by atoms with Crippen LogP contribution in [-0.2, 0) is 23.1 Å². The zero-order valence-electron chi connectivity index (χ0n) is 17.0. The molecule has 0 aliphatic heterocycles. The van der Waals surface area contributed by atoms with E-state index in [1.54, 1.807) is 36.4 Å². The highest BCUT2D eigenvalue weighted by Gasteiger charge is 2.32. The SMILES string of the molecule is O=C(NC1CC1)c1ccc(CN(Cc2ccco2)S(=O)(=O)c2ccccc2[N+](=O)[O-])cc1. The van der Waals surface area contributed by atoms with Gasteiger partial charge in [0, 0.05) is 24.2 Å². The fourth-order valence-corrected chi connectivity index (χ4v) is 4.78. The van der Waals surface area contributed by atoms with Crippen LogP contribution in [0.2, 0.25) is 0 Å². The van der Waals surface area contributed by atoms with E-state index < -0.39 is 25.5 Å². The van der Waals surface area contributed by atoms with Crippen molar-refractivity contribution in [3.8, 4) is 0 Å². The number of nitro benzene ring substituents is 1. The Morgan fingerprint density at radius 2 is 1.78 bits per heavy atom. The first-order chi connectivity index (χ1) is 15.3. The molecule has 1 aromatic heterocycles. The van der Waals surface area contributed by atoms with Crippen LogP contribution in [0.5, 0.6) is 0 Å². The molecule has 1 fully saturated rings. The third kappa shape index (κ3) is 4.87. The number of hydrogen-bond acceptors (Lipinski definition) is 6. The Morgan fingerprint density at radius 1 is 1.06 bits per heavy atom. The minimum absolute atomic E-state index is 0.0559. The van der Waals surface area contributed by atoms with E-state index in [0.717, 1.165) is 23.2 Å². The van der Waals surface area contributed by atoms with Gasteiger partial charge in [0.25, 0.3) is 21.6 Å². The largest absolute Gasteiger partial charge is 0.468 e. The number of furan rings is 1. The Morgan fingerprint density at radius 3 is 2.41 bits per heavy atom. The van der Waals surface area contributed by atoms with Crippen LogP contribution < -0.4 is 5.32 Å². The molecule has 0 unspecified atom stereocenters. The van der Waals surface area contributed by atoms with Crippen molar-refractivity contribution in [3.63, 3.8) is 0 Å². The lowest BCUT2D eigenvalue weighted by Gasteiger charge is -2.21. The van der Waals surface area contributed by atoms with Crippen LogP contribution in [0.3, 0.4) is 0 Å². The second-order valence-electron chi connectivity index (χ2n) is 7.52. The Hall–Kier alpha value is -3.50. The summed E-state index contributed by atoms with van der Waals surface area (Å²) in [6.45, 7) is -0.162. The Balaban J connectivity index is 1.62. The maximum absolute atomic E-state index is 13.4. The second-order valence-corrected chi connectivity index (χ2v) is 9.43. The zero-order chi connectivity index (χ0) is 22.7. The summed E-state index contributed by atoms with van der Waals surface area (Å²) in [5, 5.41) is 14.3. The summed E-state index contributed by atoms with van der Waals surface area (Å²) in [7, 11) is -4.23. The minimum Gasteiger partial charge on any atom is -0.468 e. The van der Waals surface area contributed by atoms with Crippen LogP contribution >= 0.6 is 0 Å². The molecular formula is C22H21N3O6S. The van der Waals surface area contributed by atoms with Gasteiger partial charge in [-0.1, -0.05) is 24.3 Å². The van der Waals surface area contributed by atoms with Gasteiger partial charge in [0.05, 0.1) is 17.7 Å². The number of carbonyl (C=O) groups is 1. The van der Waals surface area contributed by atoms with E-state index in [4.69, 9.17) is 4.42 Å². The fraction of sp³-hybridized carbons (Fsp3) is 0.227. The highest BCUT2D eigenvalue weighted by molar-refractivity contribution is 7.89. The van der Waals surface area contributed by atoms with Crippen LogP contribution in [0.25, 0.3) is 0 Å². The molecule has 10 heteroatoms. The van der Waals surface area contributed by atoms with Crippen molar-refractivity contribution in [3.05, 3.63) is 93.9 Å². The Kier molecular flexibility index (Phi) is 6.06. The van der Waals surface area contributed by atoms with Gasteiger partial charge >= 0.3 is 0 Å². The highest BCUT2D eigenvalue weighted by atomic mass is 32.2. The zero-order valence-corrected chi connectivity index (χ0v) is 17.8. The van der Waals surface area contributed by atoms with Crippen LogP contribution in [0.15, 0.2) is 76.2 Å². The van der Waals surface area contributed by atoms with Gasteiger partial charge in [0.1, 0.15) is 5.76 Å². The summed E-state index contributed by atoms with van der Waals surface area (Å²) in [6, 6.07) is 15.4. The van der Waals surface area contributed by atoms with Gasteiger partial charge in [0.2, 0.25) is 0 Å². The summed E-state index contributed by atoms with van der Waals surface area (Å²) in [6.07, 6.45) is 3.39. The number of benzene rings is 2. The van der Waals surface area contributed by atoms with Gasteiger partial charge < -0.3 is 9.73 Å².